The maximum Gasteiger partial charge on any atom is 0.323 e. The second-order valence-corrected chi connectivity index (χ2v) is 7.95. The van der Waals surface area contributed by atoms with Gasteiger partial charge in [0.25, 0.3) is 5.91 Å². The highest BCUT2D eigenvalue weighted by molar-refractivity contribution is 7.99. The van der Waals surface area contributed by atoms with E-state index in [4.69, 9.17) is 4.74 Å². The normalized spacial score (nSPS) is 12.5. The average molecular weight is 434 g/mol. The molecule has 6 nitrogen and oxygen atoms in total. The molecule has 1 heterocycles. The van der Waals surface area contributed by atoms with E-state index in [-0.39, 0.29) is 11.9 Å². The summed E-state index contributed by atoms with van der Waals surface area (Å²) in [6, 6.07) is 20.1. The zero-order valence-corrected chi connectivity index (χ0v) is 18.2. The van der Waals surface area contributed by atoms with Crippen LogP contribution in [0.25, 0.3) is 0 Å². The van der Waals surface area contributed by atoms with Crippen molar-refractivity contribution in [2.45, 2.75) is 23.6 Å². The minimum atomic E-state index is -0.358. The lowest BCUT2D eigenvalue weighted by atomic mass is 10.1. The number of carbonyl (C=O) groups is 2. The fourth-order valence-corrected chi connectivity index (χ4v) is 4.47. The molecule has 0 aromatic heterocycles. The maximum atomic E-state index is 13.1. The molecule has 3 aromatic rings. The zero-order valence-electron chi connectivity index (χ0n) is 17.3. The molecule has 0 fully saturated rings. The highest BCUT2D eigenvalue weighted by Gasteiger charge is 2.26. The van der Waals surface area contributed by atoms with E-state index in [1.807, 2.05) is 56.3 Å². The Morgan fingerprint density at radius 1 is 0.935 bits per heavy atom. The third kappa shape index (κ3) is 4.51. The number of ether oxygens (including phenoxy) is 1. The molecule has 3 aromatic carbocycles. The molecular weight excluding hydrogens is 410 g/mol. The number of anilines is 3. The number of hydrogen-bond acceptors (Lipinski definition) is 4. The van der Waals surface area contributed by atoms with Gasteiger partial charge >= 0.3 is 6.03 Å². The standard InChI is InChI=1S/C24H23N3O3S/c1-3-27-20-15-17(26-24(29)25-16-9-12-18(13-10-16)30-4-2)11-14-22(20)31-21-8-6-5-7-19(21)23(27)28/h5-15H,3-4H2,1-2H3,(H2,25,26,29). The van der Waals surface area contributed by atoms with E-state index in [9.17, 15) is 9.59 Å². The van der Waals surface area contributed by atoms with Gasteiger partial charge in [-0.25, -0.2) is 4.79 Å². The molecule has 1 aliphatic heterocycles. The number of fused-ring (bicyclic) bond motifs is 2. The Morgan fingerprint density at radius 3 is 2.39 bits per heavy atom. The molecule has 0 bridgehead atoms. The number of nitrogens with zero attached hydrogens (tertiary/aromatic N) is 1. The third-order valence-electron chi connectivity index (χ3n) is 4.83. The molecule has 0 aliphatic carbocycles. The van der Waals surface area contributed by atoms with Gasteiger partial charge in [0.2, 0.25) is 0 Å². The molecule has 0 unspecified atom stereocenters. The van der Waals surface area contributed by atoms with Crippen molar-refractivity contribution in [3.05, 3.63) is 72.3 Å². The molecule has 31 heavy (non-hydrogen) atoms. The summed E-state index contributed by atoms with van der Waals surface area (Å²) < 4.78 is 5.41. The van der Waals surface area contributed by atoms with Crippen LogP contribution in [-0.4, -0.2) is 25.1 Å². The topological polar surface area (TPSA) is 70.7 Å². The van der Waals surface area contributed by atoms with Crippen molar-refractivity contribution < 1.29 is 14.3 Å². The van der Waals surface area contributed by atoms with Crippen LogP contribution in [0.1, 0.15) is 24.2 Å². The molecule has 0 radical (unpaired) electrons. The summed E-state index contributed by atoms with van der Waals surface area (Å²) in [4.78, 5) is 29.2. The van der Waals surface area contributed by atoms with Crippen LogP contribution in [0.4, 0.5) is 21.9 Å². The number of benzene rings is 3. The average Bonchev–Trinajstić information content (AvgIpc) is 2.89. The van der Waals surface area contributed by atoms with E-state index in [1.54, 1.807) is 40.9 Å². The van der Waals surface area contributed by atoms with Crippen molar-refractivity contribution in [1.29, 1.82) is 0 Å². The Balaban J connectivity index is 1.53. The van der Waals surface area contributed by atoms with Crippen LogP contribution >= 0.6 is 11.8 Å². The summed E-state index contributed by atoms with van der Waals surface area (Å²) in [6.07, 6.45) is 0. The molecule has 0 atom stereocenters. The van der Waals surface area contributed by atoms with Crippen LogP contribution in [0, 0.1) is 0 Å². The first kappa shape index (κ1) is 20.8. The predicted molar refractivity (Wildman–Crippen MR) is 125 cm³/mol. The summed E-state index contributed by atoms with van der Waals surface area (Å²) >= 11 is 1.56. The summed E-state index contributed by atoms with van der Waals surface area (Å²) in [6.45, 7) is 4.98. The van der Waals surface area contributed by atoms with Crippen molar-refractivity contribution in [2.24, 2.45) is 0 Å². The van der Waals surface area contributed by atoms with E-state index in [2.05, 4.69) is 10.6 Å². The number of rotatable bonds is 5. The van der Waals surface area contributed by atoms with Gasteiger partial charge in [-0.05, 0) is 68.4 Å². The highest BCUT2D eigenvalue weighted by Crippen LogP contribution is 2.42. The van der Waals surface area contributed by atoms with Crippen LogP contribution in [0.15, 0.2) is 76.5 Å². The van der Waals surface area contributed by atoms with Crippen molar-refractivity contribution >= 4 is 40.8 Å². The van der Waals surface area contributed by atoms with Crippen molar-refractivity contribution in [2.75, 3.05) is 28.7 Å². The van der Waals surface area contributed by atoms with Gasteiger partial charge in [-0.15, -0.1) is 0 Å². The summed E-state index contributed by atoms with van der Waals surface area (Å²) in [7, 11) is 0. The SMILES string of the molecule is CCOc1ccc(NC(=O)Nc2ccc3c(c2)N(CC)C(=O)c2ccccc2S3)cc1. The molecule has 2 N–H and O–H groups in total. The number of urea groups is 1. The monoisotopic (exact) mass is 433 g/mol. The molecule has 158 valence electrons. The van der Waals surface area contributed by atoms with Crippen molar-refractivity contribution in [3.8, 4) is 5.75 Å². The van der Waals surface area contributed by atoms with Gasteiger partial charge in [0.1, 0.15) is 5.75 Å². The second-order valence-electron chi connectivity index (χ2n) is 6.87. The first-order valence-electron chi connectivity index (χ1n) is 10.1. The largest absolute Gasteiger partial charge is 0.494 e. The minimum Gasteiger partial charge on any atom is -0.494 e. The fraction of sp³-hybridized carbons (Fsp3) is 0.167. The van der Waals surface area contributed by atoms with Gasteiger partial charge in [-0.1, -0.05) is 23.9 Å². The van der Waals surface area contributed by atoms with Gasteiger partial charge in [-0.2, -0.15) is 0 Å². The molecule has 0 saturated carbocycles. The van der Waals surface area contributed by atoms with E-state index >= 15 is 0 Å². The van der Waals surface area contributed by atoms with E-state index in [0.717, 1.165) is 21.2 Å². The highest BCUT2D eigenvalue weighted by atomic mass is 32.2. The van der Waals surface area contributed by atoms with Crippen LogP contribution in [0.5, 0.6) is 5.75 Å². The van der Waals surface area contributed by atoms with Gasteiger partial charge in [0.05, 0.1) is 17.9 Å². The van der Waals surface area contributed by atoms with Crippen molar-refractivity contribution in [3.63, 3.8) is 0 Å². The fourth-order valence-electron chi connectivity index (χ4n) is 3.41. The zero-order chi connectivity index (χ0) is 21.8. The summed E-state index contributed by atoms with van der Waals surface area (Å²) in [5.41, 5.74) is 2.74. The molecule has 3 amide bonds. The Hall–Kier alpha value is -3.45. The number of amides is 3. The number of nitrogens with one attached hydrogen (secondary N) is 2. The van der Waals surface area contributed by atoms with Gasteiger partial charge in [-0.3, -0.25) is 4.79 Å². The lowest BCUT2D eigenvalue weighted by Gasteiger charge is -2.22. The Morgan fingerprint density at radius 2 is 1.65 bits per heavy atom. The minimum absolute atomic E-state index is 0.0414. The van der Waals surface area contributed by atoms with E-state index in [1.165, 1.54) is 0 Å². The molecule has 0 saturated heterocycles. The molecule has 1 aliphatic rings. The first-order chi connectivity index (χ1) is 15.1. The predicted octanol–water partition coefficient (Wildman–Crippen LogP) is 5.86. The molecule has 7 heteroatoms. The van der Waals surface area contributed by atoms with Crippen molar-refractivity contribution in [1.82, 2.24) is 0 Å². The molecular formula is C24H23N3O3S. The third-order valence-corrected chi connectivity index (χ3v) is 5.97. The second kappa shape index (κ2) is 9.14. The van der Waals surface area contributed by atoms with Crippen LogP contribution in [0.3, 0.4) is 0 Å². The number of carbonyl (C=O) groups excluding carboxylic acids is 2. The first-order valence-corrected chi connectivity index (χ1v) is 10.9. The Bertz CT molecular complexity index is 1120. The quantitative estimate of drug-likeness (QED) is 0.529. The van der Waals surface area contributed by atoms with Crippen LogP contribution in [0.2, 0.25) is 0 Å². The Labute approximate surface area is 185 Å². The van der Waals surface area contributed by atoms with E-state index < -0.39 is 0 Å². The molecule has 4 rings (SSSR count). The molecule has 0 spiro atoms. The Kier molecular flexibility index (Phi) is 6.13. The smallest absolute Gasteiger partial charge is 0.323 e. The van der Waals surface area contributed by atoms with Gasteiger partial charge in [0, 0.05) is 27.7 Å². The lowest BCUT2D eigenvalue weighted by molar-refractivity contribution is 0.0985. The maximum absolute atomic E-state index is 13.1. The van der Waals surface area contributed by atoms with Gasteiger partial charge in [0.15, 0.2) is 0 Å². The van der Waals surface area contributed by atoms with Gasteiger partial charge < -0.3 is 20.3 Å². The van der Waals surface area contributed by atoms with E-state index in [0.29, 0.717) is 30.1 Å². The lowest BCUT2D eigenvalue weighted by Crippen LogP contribution is -2.30. The van der Waals surface area contributed by atoms with Crippen LogP contribution < -0.4 is 20.3 Å². The number of hydrogen-bond donors (Lipinski definition) is 2. The summed E-state index contributed by atoms with van der Waals surface area (Å²) in [5.74, 6) is 0.711. The van der Waals surface area contributed by atoms with Crippen LogP contribution in [-0.2, 0) is 0 Å². The summed E-state index contributed by atoms with van der Waals surface area (Å²) in [5, 5.41) is 5.66.